The minimum absolute atomic E-state index is 0.0111. The number of nitrogens with one attached hydrogen (secondary N) is 2. The number of urea groups is 1. The molecule has 0 atom stereocenters. The zero-order valence-electron chi connectivity index (χ0n) is 14.1. The lowest BCUT2D eigenvalue weighted by Gasteiger charge is -2.14. The van der Waals surface area contributed by atoms with Crippen LogP contribution in [0.2, 0.25) is 0 Å². The molecule has 1 aliphatic heterocycles. The fraction of sp³-hybridized carbons (Fsp3) is 0.222. The Morgan fingerprint density at radius 1 is 1.19 bits per heavy atom. The first-order valence-corrected chi connectivity index (χ1v) is 9.21. The van der Waals surface area contributed by atoms with Gasteiger partial charge in [-0.2, -0.15) is 0 Å². The molecule has 0 unspecified atom stereocenters. The van der Waals surface area contributed by atoms with Crippen molar-refractivity contribution >= 4 is 23.3 Å². The maximum Gasteiger partial charge on any atom is 0.317 e. The molecule has 8 heteroatoms. The Hall–Kier alpha value is -3.00. The van der Waals surface area contributed by atoms with Crippen molar-refractivity contribution in [1.29, 1.82) is 0 Å². The van der Waals surface area contributed by atoms with Crippen molar-refractivity contribution in [1.82, 2.24) is 25.2 Å². The highest BCUT2D eigenvalue weighted by molar-refractivity contribution is 7.18. The van der Waals surface area contributed by atoms with Crippen molar-refractivity contribution in [3.63, 3.8) is 0 Å². The second-order valence-electron chi connectivity index (χ2n) is 5.82. The summed E-state index contributed by atoms with van der Waals surface area (Å²) in [5.41, 5.74) is 1.97. The summed E-state index contributed by atoms with van der Waals surface area (Å²) in [7, 11) is 0. The van der Waals surface area contributed by atoms with Gasteiger partial charge >= 0.3 is 6.03 Å². The van der Waals surface area contributed by atoms with Crippen LogP contribution in [0.25, 0.3) is 21.0 Å². The molecule has 1 saturated heterocycles. The third kappa shape index (κ3) is 3.65. The van der Waals surface area contributed by atoms with Gasteiger partial charge in [-0.15, -0.1) is 11.3 Å². The summed E-state index contributed by atoms with van der Waals surface area (Å²) < 4.78 is 0. The summed E-state index contributed by atoms with van der Waals surface area (Å²) in [4.78, 5) is 28.6. The molecule has 0 spiro atoms. The number of rotatable bonds is 6. The Bertz CT molecular complexity index is 897. The molecule has 1 aliphatic rings. The lowest BCUT2D eigenvalue weighted by Crippen LogP contribution is -2.32. The largest absolute Gasteiger partial charge is 0.352 e. The Kier molecular flexibility index (Phi) is 4.74. The highest BCUT2D eigenvalue weighted by atomic mass is 32.1. The molecule has 0 aliphatic carbocycles. The first kappa shape index (κ1) is 16.5. The number of anilines is 1. The van der Waals surface area contributed by atoms with E-state index in [4.69, 9.17) is 0 Å². The number of thiophene rings is 1. The van der Waals surface area contributed by atoms with Crippen LogP contribution in [0.3, 0.4) is 0 Å². The molecular weight excluding hydrogens is 348 g/mol. The van der Waals surface area contributed by atoms with E-state index in [1.54, 1.807) is 28.6 Å². The summed E-state index contributed by atoms with van der Waals surface area (Å²) in [6.45, 7) is 2.70. The monoisotopic (exact) mass is 366 g/mol. The summed E-state index contributed by atoms with van der Waals surface area (Å²) in [6, 6.07) is 10.0. The maximum absolute atomic E-state index is 11.5. The molecule has 2 amide bonds. The van der Waals surface area contributed by atoms with Crippen LogP contribution >= 0.6 is 11.3 Å². The molecule has 3 aromatic rings. The van der Waals surface area contributed by atoms with E-state index < -0.39 is 0 Å². The standard InChI is InChI=1S/C18H18N6OS/c25-18-22-9-11-24(18)10-8-21-17-20-7-5-14(23-17)16-4-3-15(26-16)13-2-1-6-19-12-13/h1-7,12H,8-11H2,(H,22,25)(H,20,21,23). The lowest BCUT2D eigenvalue weighted by atomic mass is 10.2. The van der Waals surface area contributed by atoms with Crippen LogP contribution in [0, 0.1) is 0 Å². The summed E-state index contributed by atoms with van der Waals surface area (Å²) in [5, 5.41) is 5.98. The predicted molar refractivity (Wildman–Crippen MR) is 102 cm³/mol. The zero-order chi connectivity index (χ0) is 17.8. The first-order valence-electron chi connectivity index (χ1n) is 8.40. The average Bonchev–Trinajstić information content (AvgIpc) is 3.33. The van der Waals surface area contributed by atoms with Crippen LogP contribution in [-0.4, -0.2) is 52.1 Å². The third-order valence-electron chi connectivity index (χ3n) is 4.07. The van der Waals surface area contributed by atoms with Crippen molar-refractivity contribution < 1.29 is 4.79 Å². The Balaban J connectivity index is 1.42. The van der Waals surface area contributed by atoms with Crippen molar-refractivity contribution in [3.05, 3.63) is 48.9 Å². The van der Waals surface area contributed by atoms with Crippen LogP contribution in [-0.2, 0) is 0 Å². The molecule has 4 rings (SSSR count). The van der Waals surface area contributed by atoms with Gasteiger partial charge in [0.1, 0.15) is 0 Å². The summed E-state index contributed by atoms with van der Waals surface area (Å²) in [5.74, 6) is 0.568. The Morgan fingerprint density at radius 2 is 2.12 bits per heavy atom. The number of amides is 2. The van der Waals surface area contributed by atoms with Crippen LogP contribution in [0.4, 0.5) is 10.7 Å². The predicted octanol–water partition coefficient (Wildman–Crippen LogP) is 2.70. The second kappa shape index (κ2) is 7.49. The van der Waals surface area contributed by atoms with E-state index in [1.165, 1.54) is 0 Å². The number of pyridine rings is 1. The van der Waals surface area contributed by atoms with Crippen LogP contribution in [0.15, 0.2) is 48.9 Å². The first-order chi connectivity index (χ1) is 12.8. The van der Waals surface area contributed by atoms with E-state index >= 15 is 0 Å². The number of hydrogen-bond acceptors (Lipinski definition) is 6. The normalized spacial score (nSPS) is 13.7. The van der Waals surface area contributed by atoms with Crippen molar-refractivity contribution in [2.24, 2.45) is 0 Å². The van der Waals surface area contributed by atoms with Crippen molar-refractivity contribution in [2.75, 3.05) is 31.5 Å². The fourth-order valence-corrected chi connectivity index (χ4v) is 3.71. The van der Waals surface area contributed by atoms with Crippen LogP contribution in [0.1, 0.15) is 0 Å². The molecule has 0 saturated carbocycles. The molecule has 0 radical (unpaired) electrons. The average molecular weight is 366 g/mol. The van der Waals surface area contributed by atoms with E-state index in [9.17, 15) is 4.79 Å². The Morgan fingerprint density at radius 3 is 2.92 bits per heavy atom. The number of carbonyl (C=O) groups is 1. The smallest absolute Gasteiger partial charge is 0.317 e. The Labute approximate surface area is 155 Å². The number of nitrogens with zero attached hydrogens (tertiary/aromatic N) is 4. The molecule has 4 heterocycles. The molecular formula is C18H18N6OS. The molecule has 0 aromatic carbocycles. The third-order valence-corrected chi connectivity index (χ3v) is 5.23. The molecule has 26 heavy (non-hydrogen) atoms. The highest BCUT2D eigenvalue weighted by Crippen LogP contribution is 2.33. The quantitative estimate of drug-likeness (QED) is 0.701. The minimum atomic E-state index is -0.0111. The summed E-state index contributed by atoms with van der Waals surface area (Å²) >= 11 is 1.67. The highest BCUT2D eigenvalue weighted by Gasteiger charge is 2.18. The lowest BCUT2D eigenvalue weighted by molar-refractivity contribution is 0.219. The van der Waals surface area contributed by atoms with E-state index in [0.717, 1.165) is 27.6 Å². The van der Waals surface area contributed by atoms with E-state index in [1.807, 2.05) is 24.4 Å². The molecule has 0 bridgehead atoms. The van der Waals surface area contributed by atoms with Gasteiger partial charge in [0.2, 0.25) is 5.95 Å². The molecule has 2 N–H and O–H groups in total. The number of carbonyl (C=O) groups excluding carboxylic acids is 1. The topological polar surface area (TPSA) is 83.0 Å². The molecule has 132 valence electrons. The summed E-state index contributed by atoms with van der Waals surface area (Å²) in [6.07, 6.45) is 5.37. The van der Waals surface area contributed by atoms with Crippen LogP contribution in [0.5, 0.6) is 0 Å². The molecule has 7 nitrogen and oxygen atoms in total. The van der Waals surface area contributed by atoms with Gasteiger partial charge in [0.05, 0.1) is 10.6 Å². The fourth-order valence-electron chi connectivity index (χ4n) is 2.75. The van der Waals surface area contributed by atoms with Crippen molar-refractivity contribution in [3.8, 4) is 21.0 Å². The van der Waals surface area contributed by atoms with E-state index in [2.05, 4.69) is 37.7 Å². The van der Waals surface area contributed by atoms with Gasteiger partial charge in [-0.1, -0.05) is 6.07 Å². The zero-order valence-corrected chi connectivity index (χ0v) is 14.9. The van der Waals surface area contributed by atoms with Crippen molar-refractivity contribution in [2.45, 2.75) is 0 Å². The minimum Gasteiger partial charge on any atom is -0.352 e. The van der Waals surface area contributed by atoms with Gasteiger partial charge in [-0.3, -0.25) is 4.98 Å². The number of aromatic nitrogens is 3. The molecule has 1 fully saturated rings. The van der Waals surface area contributed by atoms with Crippen LogP contribution < -0.4 is 10.6 Å². The maximum atomic E-state index is 11.5. The van der Waals surface area contributed by atoms with E-state index in [0.29, 0.717) is 25.6 Å². The van der Waals surface area contributed by atoms with Gasteiger partial charge < -0.3 is 15.5 Å². The SMILES string of the molecule is O=C1NCCN1CCNc1nccc(-c2ccc(-c3cccnc3)s2)n1. The van der Waals surface area contributed by atoms with Gasteiger partial charge in [0, 0.05) is 55.2 Å². The van der Waals surface area contributed by atoms with Gasteiger partial charge in [0.15, 0.2) is 0 Å². The second-order valence-corrected chi connectivity index (χ2v) is 6.90. The van der Waals surface area contributed by atoms with Gasteiger partial charge in [-0.25, -0.2) is 14.8 Å². The molecule has 3 aromatic heterocycles. The van der Waals surface area contributed by atoms with E-state index in [-0.39, 0.29) is 6.03 Å². The van der Waals surface area contributed by atoms with Gasteiger partial charge in [0.25, 0.3) is 0 Å². The number of hydrogen-bond donors (Lipinski definition) is 2. The van der Waals surface area contributed by atoms with Gasteiger partial charge in [-0.05, 0) is 24.3 Å².